The number of imide groups is 1. The molecule has 0 radical (unpaired) electrons. The zero-order valence-corrected chi connectivity index (χ0v) is 22.4. The molecule has 0 aromatic carbocycles. The van der Waals surface area contributed by atoms with E-state index in [1.54, 1.807) is 6.92 Å². The molecule has 3 unspecified atom stereocenters. The second kappa shape index (κ2) is 8.84. The van der Waals surface area contributed by atoms with Gasteiger partial charge in [-0.05, 0) is 69.2 Å². The largest absolute Gasteiger partial charge is 0.445 e. The summed E-state index contributed by atoms with van der Waals surface area (Å²) >= 11 is 0. The number of rotatable bonds is 2. The van der Waals surface area contributed by atoms with Gasteiger partial charge >= 0.3 is 6.09 Å². The van der Waals surface area contributed by atoms with E-state index in [9.17, 15) is 19.5 Å². The number of fused-ring (bicyclic) bond motifs is 2. The monoisotopic (exact) mass is 498 g/mol. The molecule has 198 valence electrons. The van der Waals surface area contributed by atoms with Gasteiger partial charge in [0.25, 0.3) is 0 Å². The van der Waals surface area contributed by atoms with Gasteiger partial charge in [-0.1, -0.05) is 26.7 Å². The number of ketones is 1. The number of nitrogens with one attached hydrogen (secondary N) is 1. The van der Waals surface area contributed by atoms with Crippen LogP contribution in [-0.4, -0.2) is 59.6 Å². The molecule has 5 aliphatic rings. The first-order valence-corrected chi connectivity index (χ1v) is 13.8. The highest BCUT2D eigenvalue weighted by atomic mass is 16.6. The van der Waals surface area contributed by atoms with Crippen LogP contribution < -0.4 is 5.32 Å². The van der Waals surface area contributed by atoms with E-state index in [2.05, 4.69) is 42.8 Å². The average Bonchev–Trinajstić information content (AvgIpc) is 3.55. The third-order valence-electron chi connectivity index (χ3n) is 11.4. The quantitative estimate of drug-likeness (QED) is 0.567. The van der Waals surface area contributed by atoms with Gasteiger partial charge < -0.3 is 14.7 Å². The number of aliphatic hydroxyl groups excluding tert-OH is 1. The molecule has 2 aliphatic heterocycles. The molecule has 4 bridgehead atoms. The molecular formula is C29H42N2O5. The number of aliphatic hydroxyl groups is 1. The predicted octanol–water partition coefficient (Wildman–Crippen LogP) is 3.39. The lowest BCUT2D eigenvalue weighted by Gasteiger charge is -2.61. The average molecular weight is 499 g/mol. The molecule has 36 heavy (non-hydrogen) atoms. The van der Waals surface area contributed by atoms with Crippen LogP contribution in [0.15, 0.2) is 0 Å². The summed E-state index contributed by atoms with van der Waals surface area (Å²) in [6.07, 6.45) is 2.20. The summed E-state index contributed by atoms with van der Waals surface area (Å²) in [5.74, 6) is 6.07. The molecule has 2 saturated heterocycles. The molecule has 0 aromatic rings. The molecule has 7 heteroatoms. The van der Waals surface area contributed by atoms with E-state index in [1.807, 2.05) is 6.92 Å². The van der Waals surface area contributed by atoms with Gasteiger partial charge in [-0.15, -0.1) is 5.92 Å². The molecule has 2 N–H and O–H groups in total. The molecule has 0 spiro atoms. The number of alkyl carbamates (subject to hydrolysis) is 1. The highest BCUT2D eigenvalue weighted by molar-refractivity contribution is 5.93. The molecule has 2 heterocycles. The maximum atomic E-state index is 13.5. The van der Waals surface area contributed by atoms with Crippen LogP contribution >= 0.6 is 0 Å². The van der Waals surface area contributed by atoms with Crippen molar-refractivity contribution in [1.82, 2.24) is 10.2 Å². The molecular weight excluding hydrogens is 456 g/mol. The number of carbonyl (C=O) groups is 3. The van der Waals surface area contributed by atoms with E-state index < -0.39 is 29.1 Å². The number of hydrogen-bond acceptors (Lipinski definition) is 6. The van der Waals surface area contributed by atoms with Crippen molar-refractivity contribution in [3.8, 4) is 11.8 Å². The number of ether oxygens (including phenoxy) is 1. The first-order chi connectivity index (χ1) is 17.0. The third-order valence-corrected chi connectivity index (χ3v) is 11.4. The zero-order chi connectivity index (χ0) is 26.0. The van der Waals surface area contributed by atoms with E-state index in [1.165, 1.54) is 0 Å². The summed E-state index contributed by atoms with van der Waals surface area (Å²) in [4.78, 5) is 42.0. The predicted molar refractivity (Wildman–Crippen MR) is 134 cm³/mol. The Morgan fingerprint density at radius 2 is 1.92 bits per heavy atom. The summed E-state index contributed by atoms with van der Waals surface area (Å²) < 4.78 is 6.16. The lowest BCUT2D eigenvalue weighted by molar-refractivity contribution is -0.190. The van der Waals surface area contributed by atoms with Crippen molar-refractivity contribution in [3.63, 3.8) is 0 Å². The Morgan fingerprint density at radius 1 is 1.17 bits per heavy atom. The van der Waals surface area contributed by atoms with Gasteiger partial charge in [0.15, 0.2) is 0 Å². The number of carbonyl (C=O) groups excluding carboxylic acids is 3. The minimum Gasteiger partial charge on any atom is -0.445 e. The van der Waals surface area contributed by atoms with E-state index >= 15 is 0 Å². The molecule has 3 saturated carbocycles. The van der Waals surface area contributed by atoms with E-state index in [-0.39, 0.29) is 40.8 Å². The van der Waals surface area contributed by atoms with Crippen molar-refractivity contribution in [2.24, 2.45) is 45.8 Å². The number of amides is 2. The highest BCUT2D eigenvalue weighted by Gasteiger charge is 2.68. The molecule has 7 nitrogen and oxygen atoms in total. The molecule has 0 aromatic heterocycles. The maximum Gasteiger partial charge on any atom is 0.414 e. The smallest absolute Gasteiger partial charge is 0.414 e. The van der Waals surface area contributed by atoms with Crippen molar-refractivity contribution in [1.29, 1.82) is 0 Å². The third kappa shape index (κ3) is 3.66. The summed E-state index contributed by atoms with van der Waals surface area (Å²) in [5.41, 5.74) is -1.74. The maximum absolute atomic E-state index is 13.5. The Balaban J connectivity index is 1.48. The Labute approximate surface area is 215 Å². The van der Waals surface area contributed by atoms with Gasteiger partial charge in [-0.25, -0.2) is 4.79 Å². The van der Waals surface area contributed by atoms with Gasteiger partial charge in [0.05, 0.1) is 17.4 Å². The Kier molecular flexibility index (Phi) is 6.32. The molecule has 11 atom stereocenters. The van der Waals surface area contributed by atoms with E-state index in [0.29, 0.717) is 25.3 Å². The normalized spacial score (nSPS) is 49.3. The second-order valence-corrected chi connectivity index (χ2v) is 13.0. The van der Waals surface area contributed by atoms with Gasteiger partial charge in [0.2, 0.25) is 5.91 Å². The van der Waals surface area contributed by atoms with Crippen LogP contribution in [0.2, 0.25) is 0 Å². The highest BCUT2D eigenvalue weighted by Crippen LogP contribution is 2.67. The molecule has 5 fully saturated rings. The van der Waals surface area contributed by atoms with Gasteiger partial charge in [0, 0.05) is 37.3 Å². The fourth-order valence-corrected chi connectivity index (χ4v) is 9.11. The number of piperidine rings is 1. The van der Waals surface area contributed by atoms with Gasteiger partial charge in [0.1, 0.15) is 11.9 Å². The number of hydrogen-bond donors (Lipinski definition) is 2. The van der Waals surface area contributed by atoms with Crippen molar-refractivity contribution < 1.29 is 24.2 Å². The van der Waals surface area contributed by atoms with Gasteiger partial charge in [-0.2, -0.15) is 0 Å². The van der Waals surface area contributed by atoms with E-state index in [4.69, 9.17) is 4.74 Å². The van der Waals surface area contributed by atoms with E-state index in [0.717, 1.165) is 38.8 Å². The van der Waals surface area contributed by atoms with Crippen LogP contribution in [0.1, 0.15) is 73.1 Å². The topological polar surface area (TPSA) is 95.9 Å². The van der Waals surface area contributed by atoms with Crippen molar-refractivity contribution in [2.45, 2.75) is 85.4 Å². The zero-order valence-electron chi connectivity index (χ0n) is 22.4. The Morgan fingerprint density at radius 3 is 2.56 bits per heavy atom. The summed E-state index contributed by atoms with van der Waals surface area (Å²) in [5, 5.41) is 14.2. The SMILES string of the molecule is CC#C[C@]1(C)C[C@@H](OC(=O)NC(=O)[C@H]2CN3CC[C@@H]2C3)[C@@]2(C)C3C(=O)CCC3(CC[C@H]2C)[C@@H](C)[C@@H]1O. The van der Waals surface area contributed by atoms with Crippen LogP contribution in [0.3, 0.4) is 0 Å². The minimum absolute atomic E-state index is 0.101. The van der Waals surface area contributed by atoms with Crippen LogP contribution in [0.5, 0.6) is 0 Å². The Bertz CT molecular complexity index is 1020. The second-order valence-electron chi connectivity index (χ2n) is 13.0. The number of Topliss-reactive ketones (excluding diaryl/α,β-unsaturated/α-hetero) is 1. The fraction of sp³-hybridized carbons (Fsp3) is 0.828. The standard InChI is InChI=1S/C29H42N2O5/c1-6-10-27(4)14-22(36-26(35)30-25(34)20-16-31-13-9-19(20)15-31)28(5)17(2)7-11-29(18(3)24(27)33)12-8-21(32)23(28)29/h17-20,22-24,33H,7-9,11-16H2,1-5H3,(H,30,34,35)/t17-,18+,19-,20+,22-,23?,24+,27-,28+,29?/m1/s1. The Hall–Kier alpha value is -1.91. The summed E-state index contributed by atoms with van der Waals surface area (Å²) in [7, 11) is 0. The van der Waals surface area contributed by atoms with Gasteiger partial charge in [-0.3, -0.25) is 14.9 Å². The first-order valence-electron chi connectivity index (χ1n) is 13.8. The minimum atomic E-state index is -0.803. The van der Waals surface area contributed by atoms with Crippen molar-refractivity contribution in [2.75, 3.05) is 19.6 Å². The molecule has 2 amide bonds. The summed E-state index contributed by atoms with van der Waals surface area (Å²) in [6.45, 7) is 12.7. The van der Waals surface area contributed by atoms with Crippen molar-refractivity contribution in [3.05, 3.63) is 0 Å². The van der Waals surface area contributed by atoms with Crippen LogP contribution in [0.4, 0.5) is 4.79 Å². The van der Waals surface area contributed by atoms with Crippen LogP contribution in [0, 0.1) is 57.7 Å². The fourth-order valence-electron chi connectivity index (χ4n) is 9.11. The van der Waals surface area contributed by atoms with Crippen LogP contribution in [-0.2, 0) is 14.3 Å². The van der Waals surface area contributed by atoms with Crippen molar-refractivity contribution >= 4 is 17.8 Å². The molecule has 5 rings (SSSR count). The lowest BCUT2D eigenvalue weighted by Crippen LogP contribution is -2.63. The molecule has 3 aliphatic carbocycles. The summed E-state index contributed by atoms with van der Waals surface area (Å²) in [6, 6.07) is 0. The first kappa shape index (κ1) is 25.7. The van der Waals surface area contributed by atoms with Crippen LogP contribution in [0.25, 0.3) is 0 Å². The number of nitrogens with zero attached hydrogens (tertiary/aromatic N) is 1. The lowest BCUT2D eigenvalue weighted by atomic mass is 9.44.